The van der Waals surface area contributed by atoms with E-state index >= 15 is 0 Å². The molecule has 0 radical (unpaired) electrons. The van der Waals surface area contributed by atoms with Gasteiger partial charge >= 0.3 is 0 Å². The molecule has 0 saturated heterocycles. The Morgan fingerprint density at radius 2 is 1.54 bits per heavy atom. The van der Waals surface area contributed by atoms with Crippen molar-refractivity contribution in [2.75, 3.05) is 0 Å². The molecule has 2 heteroatoms. The number of benzene rings is 2. The van der Waals surface area contributed by atoms with E-state index in [0.717, 1.165) is 6.42 Å². The third-order valence-electron chi connectivity index (χ3n) is 4.82. The molecule has 4 aromatic rings. The lowest BCUT2D eigenvalue weighted by Crippen LogP contribution is -1.96. The van der Waals surface area contributed by atoms with Gasteiger partial charge in [-0.2, -0.15) is 0 Å². The minimum Gasteiger partial charge on any atom is -0.144 e. The van der Waals surface area contributed by atoms with Gasteiger partial charge in [0.05, 0.1) is 0 Å². The van der Waals surface area contributed by atoms with Crippen LogP contribution in [0.25, 0.3) is 20.2 Å². The van der Waals surface area contributed by atoms with E-state index < -0.39 is 0 Å². The van der Waals surface area contributed by atoms with Crippen molar-refractivity contribution in [3.63, 3.8) is 0 Å². The molecule has 122 valence electrons. The van der Waals surface area contributed by atoms with E-state index in [2.05, 4.69) is 74.7 Å². The molecule has 0 spiro atoms. The van der Waals surface area contributed by atoms with Crippen LogP contribution in [0.15, 0.2) is 53.9 Å². The van der Waals surface area contributed by atoms with Crippen LogP contribution >= 0.6 is 22.7 Å². The predicted molar refractivity (Wildman–Crippen MR) is 110 cm³/mol. The molecule has 1 atom stereocenters. The van der Waals surface area contributed by atoms with Gasteiger partial charge in [0, 0.05) is 14.3 Å². The van der Waals surface area contributed by atoms with Crippen LogP contribution in [0.3, 0.4) is 0 Å². The van der Waals surface area contributed by atoms with Gasteiger partial charge in [0.2, 0.25) is 0 Å². The Hall–Kier alpha value is -1.64. The summed E-state index contributed by atoms with van der Waals surface area (Å²) in [6.07, 6.45) is 1.12. The Bertz CT molecular complexity index is 987. The van der Waals surface area contributed by atoms with Gasteiger partial charge in [-0.1, -0.05) is 45.0 Å². The fourth-order valence-electron chi connectivity index (χ4n) is 3.26. The second-order valence-electron chi connectivity index (χ2n) is 6.99. The average Bonchev–Trinajstić information content (AvgIpc) is 3.18. The third-order valence-corrected chi connectivity index (χ3v) is 6.82. The molecule has 0 N–H and O–H groups in total. The van der Waals surface area contributed by atoms with Crippen molar-refractivity contribution < 1.29 is 0 Å². The standard InChI is InChI=1S/C22H22S2/c1-14(2)17-5-7-19-11-20(24-22(19)12-17)10-15(3)18-6-4-16-8-9-23-21(16)13-18/h4-9,11-15H,10H2,1-3H3. The van der Waals surface area contributed by atoms with Crippen molar-refractivity contribution in [2.45, 2.75) is 39.0 Å². The van der Waals surface area contributed by atoms with Gasteiger partial charge in [-0.3, -0.25) is 0 Å². The second-order valence-corrected chi connectivity index (χ2v) is 9.10. The Kier molecular flexibility index (Phi) is 4.19. The molecule has 2 aromatic heterocycles. The molecule has 0 aliphatic rings. The summed E-state index contributed by atoms with van der Waals surface area (Å²) in [6.45, 7) is 6.87. The summed E-state index contributed by atoms with van der Waals surface area (Å²) in [5.41, 5.74) is 2.89. The zero-order chi connectivity index (χ0) is 16.7. The van der Waals surface area contributed by atoms with Crippen molar-refractivity contribution in [2.24, 2.45) is 0 Å². The van der Waals surface area contributed by atoms with Crippen LogP contribution in [0.5, 0.6) is 0 Å². The highest BCUT2D eigenvalue weighted by molar-refractivity contribution is 7.19. The first-order valence-corrected chi connectivity index (χ1v) is 10.3. The smallest absolute Gasteiger partial charge is 0.0348 e. The monoisotopic (exact) mass is 350 g/mol. The lowest BCUT2D eigenvalue weighted by molar-refractivity contribution is 0.770. The molecule has 0 amide bonds. The summed E-state index contributed by atoms with van der Waals surface area (Å²) in [4.78, 5) is 1.49. The van der Waals surface area contributed by atoms with Crippen LogP contribution in [-0.2, 0) is 6.42 Å². The van der Waals surface area contributed by atoms with E-state index in [-0.39, 0.29) is 0 Å². The van der Waals surface area contributed by atoms with E-state index in [9.17, 15) is 0 Å². The van der Waals surface area contributed by atoms with E-state index in [0.29, 0.717) is 11.8 Å². The highest BCUT2D eigenvalue weighted by Crippen LogP contribution is 2.33. The molecule has 0 aliphatic carbocycles. The van der Waals surface area contributed by atoms with E-state index in [1.807, 2.05) is 22.7 Å². The predicted octanol–water partition coefficient (Wildman–Crippen LogP) is 7.59. The van der Waals surface area contributed by atoms with Gasteiger partial charge in [0.1, 0.15) is 0 Å². The lowest BCUT2D eigenvalue weighted by Gasteiger charge is -2.10. The first kappa shape index (κ1) is 15.9. The minimum atomic E-state index is 0.550. The zero-order valence-corrected chi connectivity index (χ0v) is 16.0. The summed E-state index contributed by atoms with van der Waals surface area (Å²) >= 11 is 3.80. The van der Waals surface area contributed by atoms with Crippen molar-refractivity contribution in [1.29, 1.82) is 0 Å². The molecular formula is C22H22S2. The molecule has 4 rings (SSSR count). The quantitative estimate of drug-likeness (QED) is 0.356. The highest BCUT2D eigenvalue weighted by atomic mass is 32.1. The molecule has 24 heavy (non-hydrogen) atoms. The van der Waals surface area contributed by atoms with Gasteiger partial charge in [0.15, 0.2) is 0 Å². The molecular weight excluding hydrogens is 328 g/mol. The van der Waals surface area contributed by atoms with Crippen LogP contribution in [-0.4, -0.2) is 0 Å². The van der Waals surface area contributed by atoms with E-state index in [1.54, 1.807) is 0 Å². The number of hydrogen-bond acceptors (Lipinski definition) is 2. The molecule has 2 heterocycles. The summed E-state index contributed by atoms with van der Waals surface area (Å²) < 4.78 is 2.83. The van der Waals surface area contributed by atoms with Crippen LogP contribution in [0, 0.1) is 0 Å². The largest absolute Gasteiger partial charge is 0.144 e. The van der Waals surface area contributed by atoms with E-state index in [4.69, 9.17) is 0 Å². The van der Waals surface area contributed by atoms with Crippen LogP contribution in [0.2, 0.25) is 0 Å². The Morgan fingerprint density at radius 1 is 0.792 bits per heavy atom. The first-order chi connectivity index (χ1) is 11.6. The second kappa shape index (κ2) is 6.34. The van der Waals surface area contributed by atoms with Gasteiger partial charge < -0.3 is 0 Å². The topological polar surface area (TPSA) is 0 Å². The number of hydrogen-bond donors (Lipinski definition) is 0. The Balaban J connectivity index is 1.60. The molecule has 0 bridgehead atoms. The molecule has 0 saturated carbocycles. The Labute approximate surface area is 151 Å². The summed E-state index contributed by atoms with van der Waals surface area (Å²) in [5, 5.41) is 4.93. The maximum atomic E-state index is 2.38. The number of fused-ring (bicyclic) bond motifs is 2. The molecule has 1 unspecified atom stereocenters. The van der Waals surface area contributed by atoms with Gasteiger partial charge in [-0.15, -0.1) is 22.7 Å². The van der Waals surface area contributed by atoms with Crippen molar-refractivity contribution >= 4 is 42.8 Å². The highest BCUT2D eigenvalue weighted by Gasteiger charge is 2.11. The van der Waals surface area contributed by atoms with Crippen LogP contribution in [0.4, 0.5) is 0 Å². The van der Waals surface area contributed by atoms with Gasteiger partial charge in [-0.05, 0) is 69.8 Å². The molecule has 0 fully saturated rings. The summed E-state index contributed by atoms with van der Waals surface area (Å²) in [7, 11) is 0. The maximum Gasteiger partial charge on any atom is 0.0348 e. The average molecular weight is 351 g/mol. The normalized spacial score (nSPS) is 13.2. The fourth-order valence-corrected chi connectivity index (χ4v) is 5.34. The minimum absolute atomic E-state index is 0.550. The first-order valence-electron chi connectivity index (χ1n) is 8.59. The van der Waals surface area contributed by atoms with Crippen LogP contribution in [0.1, 0.15) is 48.6 Å². The third kappa shape index (κ3) is 3.01. The van der Waals surface area contributed by atoms with E-state index in [1.165, 1.54) is 36.2 Å². The van der Waals surface area contributed by atoms with Crippen molar-refractivity contribution in [3.8, 4) is 0 Å². The van der Waals surface area contributed by atoms with Gasteiger partial charge in [-0.25, -0.2) is 0 Å². The van der Waals surface area contributed by atoms with Crippen LogP contribution < -0.4 is 0 Å². The van der Waals surface area contributed by atoms with Crippen molar-refractivity contribution in [3.05, 3.63) is 69.9 Å². The lowest BCUT2D eigenvalue weighted by atomic mass is 9.96. The summed E-state index contributed by atoms with van der Waals surface area (Å²) in [5.74, 6) is 1.14. The van der Waals surface area contributed by atoms with Crippen molar-refractivity contribution in [1.82, 2.24) is 0 Å². The van der Waals surface area contributed by atoms with Gasteiger partial charge in [0.25, 0.3) is 0 Å². The number of thiophene rings is 2. The molecule has 0 nitrogen and oxygen atoms in total. The molecule has 2 aromatic carbocycles. The Morgan fingerprint density at radius 3 is 2.38 bits per heavy atom. The zero-order valence-electron chi connectivity index (χ0n) is 14.4. The summed E-state index contributed by atoms with van der Waals surface area (Å²) in [6, 6.07) is 18.4. The number of rotatable bonds is 4. The SMILES string of the molecule is CC(C)c1ccc2cc(CC(C)c3ccc4ccsc4c3)sc2c1. The molecule has 0 aliphatic heterocycles. The fraction of sp³-hybridized carbons (Fsp3) is 0.273. The maximum absolute atomic E-state index is 2.38.